The van der Waals surface area contributed by atoms with E-state index in [2.05, 4.69) is 6.58 Å². The highest BCUT2D eigenvalue weighted by atomic mass is 79.9. The Labute approximate surface area is 49.4 Å². The maximum atomic E-state index is 3.52. The van der Waals surface area contributed by atoms with E-state index in [0.717, 1.165) is 0 Å². The van der Waals surface area contributed by atoms with Crippen molar-refractivity contribution in [3.05, 3.63) is 12.8 Å². The molecule has 0 saturated carbocycles. The van der Waals surface area contributed by atoms with Crippen LogP contribution in [-0.4, -0.2) is 14.1 Å². The molecule has 2 heteroatoms. The van der Waals surface area contributed by atoms with Gasteiger partial charge in [-0.3, -0.25) is 0 Å². The summed E-state index contributed by atoms with van der Waals surface area (Å²) >= 11 is 0. The van der Waals surface area contributed by atoms with E-state index in [1.54, 1.807) is 0 Å². The van der Waals surface area contributed by atoms with Crippen LogP contribution in [0.2, 0.25) is 0 Å². The second-order valence-electron chi connectivity index (χ2n) is 1.28. The third kappa shape index (κ3) is 8.89. The van der Waals surface area contributed by atoms with Crippen molar-refractivity contribution >= 4 is 0 Å². The first-order valence-corrected chi connectivity index (χ1v) is 1.70. The molecule has 0 amide bonds. The van der Waals surface area contributed by atoms with Gasteiger partial charge in [0.2, 0.25) is 0 Å². The van der Waals surface area contributed by atoms with E-state index in [4.69, 9.17) is 0 Å². The van der Waals surface area contributed by atoms with E-state index in [1.165, 1.54) is 4.90 Å². The quantitative estimate of drug-likeness (QED) is 0.394. The number of hydrogen-bond donors (Lipinski definition) is 1. The van der Waals surface area contributed by atoms with Crippen LogP contribution in [-0.2, 0) is 0 Å². The smallest absolute Gasteiger partial charge is 0.0865 e. The molecule has 0 aliphatic heterocycles. The Balaban J connectivity index is 0. The fraction of sp³-hybridized carbons (Fsp3) is 0.500. The highest BCUT2D eigenvalue weighted by Crippen LogP contribution is 1.21. The lowest BCUT2D eigenvalue weighted by atomic mass is 10.9. The molecular weight excluding hydrogens is 142 g/mol. The Kier molecular flexibility index (Phi) is 8.19. The Hall–Kier alpha value is 0.180. The number of halogens is 1. The minimum Gasteiger partial charge on any atom is -1.00 e. The summed E-state index contributed by atoms with van der Waals surface area (Å²) in [6, 6.07) is 0. The average molecular weight is 152 g/mol. The highest BCUT2D eigenvalue weighted by Gasteiger charge is 1.69. The Morgan fingerprint density at radius 1 is 1.50 bits per heavy atom. The SMILES string of the molecule is C=C[NH+](C)C.[Br-]. The molecule has 0 rings (SSSR count). The van der Waals surface area contributed by atoms with Crippen LogP contribution in [0.1, 0.15) is 0 Å². The van der Waals surface area contributed by atoms with Crippen LogP contribution >= 0.6 is 0 Å². The van der Waals surface area contributed by atoms with Crippen molar-refractivity contribution in [2.24, 2.45) is 0 Å². The Morgan fingerprint density at radius 2 is 1.67 bits per heavy atom. The molecule has 0 fully saturated rings. The van der Waals surface area contributed by atoms with Gasteiger partial charge in [-0.1, -0.05) is 0 Å². The summed E-state index contributed by atoms with van der Waals surface area (Å²) in [4.78, 5) is 1.27. The molecule has 1 nitrogen and oxygen atoms in total. The fourth-order valence-corrected chi connectivity index (χ4v) is 0. The van der Waals surface area contributed by atoms with Crippen LogP contribution in [0.3, 0.4) is 0 Å². The lowest BCUT2D eigenvalue weighted by Gasteiger charge is -1.91. The number of nitrogens with one attached hydrogen (secondary N) is 1. The molecule has 6 heavy (non-hydrogen) atoms. The number of quaternary nitrogens is 1. The molecule has 38 valence electrons. The summed E-state index contributed by atoms with van der Waals surface area (Å²) in [5.41, 5.74) is 0. The van der Waals surface area contributed by atoms with Gasteiger partial charge in [0.25, 0.3) is 0 Å². The molecule has 0 aromatic heterocycles. The Bertz CT molecular complexity index is 34.5. The molecule has 0 spiro atoms. The predicted octanol–water partition coefficient (Wildman–Crippen LogP) is -3.72. The molecule has 0 atom stereocenters. The van der Waals surface area contributed by atoms with Crippen molar-refractivity contribution in [1.82, 2.24) is 0 Å². The maximum absolute atomic E-state index is 3.52. The van der Waals surface area contributed by atoms with Gasteiger partial charge in [-0.15, -0.1) is 0 Å². The van der Waals surface area contributed by atoms with Gasteiger partial charge in [0.05, 0.1) is 20.3 Å². The molecule has 0 aromatic carbocycles. The first-order chi connectivity index (χ1) is 2.27. The molecule has 0 aromatic rings. The van der Waals surface area contributed by atoms with Gasteiger partial charge < -0.3 is 21.9 Å². The average Bonchev–Trinajstić information content (AvgIpc) is 1.38. The highest BCUT2D eigenvalue weighted by molar-refractivity contribution is 4.40. The standard InChI is InChI=1S/C4H9N.BrH/c1-4-5(2)3;/h4H,1H2,2-3H3;1H. The molecule has 0 unspecified atom stereocenters. The van der Waals surface area contributed by atoms with Gasteiger partial charge in [-0.05, 0) is 6.58 Å². The second kappa shape index (κ2) is 5.18. The zero-order valence-corrected chi connectivity index (χ0v) is 5.75. The summed E-state index contributed by atoms with van der Waals surface area (Å²) in [5.74, 6) is 0. The van der Waals surface area contributed by atoms with Gasteiger partial charge in [0.1, 0.15) is 0 Å². The van der Waals surface area contributed by atoms with Crippen LogP contribution in [0.25, 0.3) is 0 Å². The predicted molar refractivity (Wildman–Crippen MR) is 23.0 cm³/mol. The summed E-state index contributed by atoms with van der Waals surface area (Å²) in [7, 11) is 4.04. The van der Waals surface area contributed by atoms with Crippen molar-refractivity contribution < 1.29 is 21.9 Å². The van der Waals surface area contributed by atoms with Crippen LogP contribution in [0.4, 0.5) is 0 Å². The van der Waals surface area contributed by atoms with Crippen molar-refractivity contribution in [3.63, 3.8) is 0 Å². The normalized spacial score (nSPS) is 7.17. The number of rotatable bonds is 1. The van der Waals surface area contributed by atoms with Gasteiger partial charge in [0.15, 0.2) is 0 Å². The van der Waals surface area contributed by atoms with Gasteiger partial charge in [-0.2, -0.15) is 0 Å². The van der Waals surface area contributed by atoms with Crippen LogP contribution in [0.15, 0.2) is 12.8 Å². The zero-order chi connectivity index (χ0) is 4.28. The first-order valence-electron chi connectivity index (χ1n) is 1.70. The third-order valence-electron chi connectivity index (χ3n) is 0.408. The van der Waals surface area contributed by atoms with Crippen molar-refractivity contribution in [2.75, 3.05) is 14.1 Å². The van der Waals surface area contributed by atoms with Crippen LogP contribution < -0.4 is 21.9 Å². The van der Waals surface area contributed by atoms with E-state index < -0.39 is 0 Å². The van der Waals surface area contributed by atoms with Gasteiger partial charge >= 0.3 is 0 Å². The number of hydrogen-bond acceptors (Lipinski definition) is 0. The van der Waals surface area contributed by atoms with Crippen molar-refractivity contribution in [3.8, 4) is 0 Å². The third-order valence-corrected chi connectivity index (χ3v) is 0.408. The minimum atomic E-state index is 0. The van der Waals surface area contributed by atoms with Crippen molar-refractivity contribution in [1.29, 1.82) is 0 Å². The lowest BCUT2D eigenvalue weighted by molar-refractivity contribution is -0.801. The first kappa shape index (κ1) is 9.49. The largest absolute Gasteiger partial charge is 1.00 e. The molecule has 0 heterocycles. The monoisotopic (exact) mass is 151 g/mol. The van der Waals surface area contributed by atoms with Crippen LogP contribution in [0, 0.1) is 0 Å². The van der Waals surface area contributed by atoms with Crippen molar-refractivity contribution in [2.45, 2.75) is 0 Å². The molecule has 0 aliphatic rings. The minimum absolute atomic E-state index is 0. The molecule has 0 aliphatic carbocycles. The molecule has 0 radical (unpaired) electrons. The van der Waals surface area contributed by atoms with E-state index >= 15 is 0 Å². The van der Waals surface area contributed by atoms with Gasteiger partial charge in [0, 0.05) is 0 Å². The molecular formula is C4H10BrN. The fourth-order valence-electron chi connectivity index (χ4n) is 0. The lowest BCUT2D eigenvalue weighted by Crippen LogP contribution is -3.00. The Morgan fingerprint density at radius 3 is 1.67 bits per heavy atom. The summed E-state index contributed by atoms with van der Waals surface area (Å²) < 4.78 is 0. The molecule has 0 bridgehead atoms. The molecule has 0 saturated heterocycles. The van der Waals surface area contributed by atoms with E-state index in [-0.39, 0.29) is 17.0 Å². The van der Waals surface area contributed by atoms with Gasteiger partial charge in [-0.25, -0.2) is 0 Å². The maximum Gasteiger partial charge on any atom is 0.0865 e. The van der Waals surface area contributed by atoms with E-state index in [1.807, 2.05) is 20.3 Å². The molecule has 1 N–H and O–H groups in total. The summed E-state index contributed by atoms with van der Waals surface area (Å²) in [6.45, 7) is 3.52. The summed E-state index contributed by atoms with van der Waals surface area (Å²) in [5, 5.41) is 0. The topological polar surface area (TPSA) is 4.44 Å². The zero-order valence-electron chi connectivity index (χ0n) is 4.16. The van der Waals surface area contributed by atoms with Crippen LogP contribution in [0.5, 0.6) is 0 Å². The van der Waals surface area contributed by atoms with E-state index in [0.29, 0.717) is 0 Å². The van der Waals surface area contributed by atoms with E-state index in [9.17, 15) is 0 Å². The second-order valence-corrected chi connectivity index (χ2v) is 1.28. The summed E-state index contributed by atoms with van der Waals surface area (Å²) in [6.07, 6.45) is 1.83.